The lowest BCUT2D eigenvalue weighted by Crippen LogP contribution is -2.43. The highest BCUT2D eigenvalue weighted by Crippen LogP contribution is 2.27. The van der Waals surface area contributed by atoms with E-state index in [1.54, 1.807) is 12.4 Å². The van der Waals surface area contributed by atoms with Gasteiger partial charge in [0.1, 0.15) is 0 Å². The van der Waals surface area contributed by atoms with Crippen molar-refractivity contribution >= 4 is 11.8 Å². The molecule has 1 N–H and O–H groups in total. The molecule has 1 saturated heterocycles. The van der Waals surface area contributed by atoms with Crippen LogP contribution in [0.5, 0.6) is 0 Å². The minimum Gasteiger partial charge on any atom is -0.352 e. The van der Waals surface area contributed by atoms with Crippen molar-refractivity contribution in [3.8, 4) is 0 Å². The molecular formula is C22H25N3O2. The zero-order chi connectivity index (χ0) is 18.6. The Kier molecular flexibility index (Phi) is 5.19. The molecule has 5 heteroatoms. The number of carbonyl (C=O) groups excluding carboxylic acids is 2. The van der Waals surface area contributed by atoms with Crippen molar-refractivity contribution < 1.29 is 9.59 Å². The van der Waals surface area contributed by atoms with Crippen LogP contribution in [0.1, 0.15) is 46.3 Å². The van der Waals surface area contributed by atoms with Crippen LogP contribution in [0, 0.1) is 5.92 Å². The number of likely N-dealkylation sites (tertiary alicyclic amines) is 1. The number of nitrogens with zero attached hydrogens (tertiary/aromatic N) is 2. The second-order valence-corrected chi connectivity index (χ2v) is 7.44. The normalized spacial score (nSPS) is 16.8. The Labute approximate surface area is 159 Å². The maximum absolute atomic E-state index is 13.0. The molecule has 1 aromatic carbocycles. The molecule has 0 unspecified atom stereocenters. The molecule has 0 radical (unpaired) electrons. The van der Waals surface area contributed by atoms with Crippen LogP contribution < -0.4 is 5.32 Å². The van der Waals surface area contributed by atoms with Gasteiger partial charge in [-0.2, -0.15) is 0 Å². The first kappa shape index (κ1) is 17.7. The summed E-state index contributed by atoms with van der Waals surface area (Å²) in [5, 5.41) is 3.00. The largest absolute Gasteiger partial charge is 0.352 e. The number of aromatic nitrogens is 1. The Bertz CT molecular complexity index is 827. The third-order valence-corrected chi connectivity index (χ3v) is 5.72. The van der Waals surface area contributed by atoms with Crippen LogP contribution in [0.2, 0.25) is 0 Å². The van der Waals surface area contributed by atoms with Crippen molar-refractivity contribution in [3.63, 3.8) is 0 Å². The van der Waals surface area contributed by atoms with Gasteiger partial charge in [0.25, 0.3) is 5.91 Å². The SMILES string of the molecule is O=C(NCc1cccnc1)C1CCN(C(=O)c2cccc3c2CCC3)CC1. The summed E-state index contributed by atoms with van der Waals surface area (Å²) >= 11 is 0. The molecular weight excluding hydrogens is 338 g/mol. The summed E-state index contributed by atoms with van der Waals surface area (Å²) in [5.74, 6) is 0.182. The number of rotatable bonds is 4. The van der Waals surface area contributed by atoms with E-state index in [-0.39, 0.29) is 17.7 Å². The lowest BCUT2D eigenvalue weighted by Gasteiger charge is -2.32. The first-order valence-electron chi connectivity index (χ1n) is 9.79. The van der Waals surface area contributed by atoms with Crippen molar-refractivity contribution in [3.05, 3.63) is 65.0 Å². The van der Waals surface area contributed by atoms with E-state index in [1.807, 2.05) is 29.2 Å². The van der Waals surface area contributed by atoms with Crippen LogP contribution in [0.15, 0.2) is 42.7 Å². The quantitative estimate of drug-likeness (QED) is 0.909. The standard InChI is InChI=1S/C22H25N3O2/c26-21(24-15-16-4-3-11-23-14-16)18-9-12-25(13-10-18)22(27)20-8-2-6-17-5-1-7-19(17)20/h2-4,6,8,11,14,18H,1,5,7,9-10,12-13,15H2,(H,24,26). The molecule has 4 rings (SSSR count). The molecule has 2 aliphatic rings. The highest BCUT2D eigenvalue weighted by atomic mass is 16.2. The van der Waals surface area contributed by atoms with Gasteiger partial charge in [-0.05, 0) is 60.9 Å². The van der Waals surface area contributed by atoms with Gasteiger partial charge in [0.2, 0.25) is 5.91 Å². The fraction of sp³-hybridized carbons (Fsp3) is 0.409. The Morgan fingerprint density at radius 3 is 2.74 bits per heavy atom. The molecule has 0 atom stereocenters. The average Bonchev–Trinajstić information content (AvgIpc) is 3.21. The second-order valence-electron chi connectivity index (χ2n) is 7.44. The van der Waals surface area contributed by atoms with E-state index in [0.29, 0.717) is 19.6 Å². The highest BCUT2D eigenvalue weighted by Gasteiger charge is 2.29. The van der Waals surface area contributed by atoms with Crippen LogP contribution in [0.3, 0.4) is 0 Å². The number of fused-ring (bicyclic) bond motifs is 1. The molecule has 2 amide bonds. The predicted molar refractivity (Wildman–Crippen MR) is 103 cm³/mol. The Balaban J connectivity index is 1.32. The van der Waals surface area contributed by atoms with Crippen LogP contribution in [0.4, 0.5) is 0 Å². The molecule has 27 heavy (non-hydrogen) atoms. The van der Waals surface area contributed by atoms with E-state index in [0.717, 1.165) is 43.2 Å². The second kappa shape index (κ2) is 7.91. The van der Waals surface area contributed by atoms with Gasteiger partial charge in [0.05, 0.1) is 0 Å². The van der Waals surface area contributed by atoms with Gasteiger partial charge in [-0.1, -0.05) is 18.2 Å². The minimum atomic E-state index is -0.0211. The monoisotopic (exact) mass is 363 g/mol. The highest BCUT2D eigenvalue weighted by molar-refractivity contribution is 5.96. The van der Waals surface area contributed by atoms with Gasteiger partial charge in [0, 0.05) is 43.5 Å². The molecule has 1 fully saturated rings. The number of aryl methyl sites for hydroxylation is 1. The number of piperidine rings is 1. The first-order valence-corrected chi connectivity index (χ1v) is 9.79. The van der Waals surface area contributed by atoms with E-state index in [9.17, 15) is 9.59 Å². The molecule has 0 saturated carbocycles. The number of pyridine rings is 1. The number of nitrogens with one attached hydrogen (secondary N) is 1. The molecule has 1 aliphatic carbocycles. The van der Waals surface area contributed by atoms with E-state index in [4.69, 9.17) is 0 Å². The van der Waals surface area contributed by atoms with Crippen molar-refractivity contribution in [2.24, 2.45) is 5.92 Å². The smallest absolute Gasteiger partial charge is 0.254 e. The molecule has 0 spiro atoms. The Morgan fingerprint density at radius 2 is 1.96 bits per heavy atom. The van der Waals surface area contributed by atoms with Gasteiger partial charge in [-0.15, -0.1) is 0 Å². The fourth-order valence-electron chi connectivity index (χ4n) is 4.17. The minimum absolute atomic E-state index is 0.0211. The summed E-state index contributed by atoms with van der Waals surface area (Å²) in [6.45, 7) is 1.79. The van der Waals surface area contributed by atoms with E-state index >= 15 is 0 Å². The van der Waals surface area contributed by atoms with Crippen molar-refractivity contribution in [2.75, 3.05) is 13.1 Å². The van der Waals surface area contributed by atoms with Crippen molar-refractivity contribution in [1.29, 1.82) is 0 Å². The summed E-state index contributed by atoms with van der Waals surface area (Å²) in [7, 11) is 0. The van der Waals surface area contributed by atoms with Gasteiger partial charge < -0.3 is 10.2 Å². The topological polar surface area (TPSA) is 62.3 Å². The lowest BCUT2D eigenvalue weighted by atomic mass is 9.94. The molecule has 140 valence electrons. The maximum Gasteiger partial charge on any atom is 0.254 e. The van der Waals surface area contributed by atoms with E-state index in [2.05, 4.69) is 16.4 Å². The van der Waals surface area contributed by atoms with Crippen LogP contribution >= 0.6 is 0 Å². The van der Waals surface area contributed by atoms with Crippen molar-refractivity contribution in [1.82, 2.24) is 15.2 Å². The lowest BCUT2D eigenvalue weighted by molar-refractivity contribution is -0.126. The van der Waals surface area contributed by atoms with E-state index < -0.39 is 0 Å². The van der Waals surface area contributed by atoms with Gasteiger partial charge in [-0.25, -0.2) is 0 Å². The van der Waals surface area contributed by atoms with Gasteiger partial charge in [-0.3, -0.25) is 14.6 Å². The summed E-state index contributed by atoms with van der Waals surface area (Å²) < 4.78 is 0. The number of benzene rings is 1. The van der Waals surface area contributed by atoms with Gasteiger partial charge in [0.15, 0.2) is 0 Å². The fourth-order valence-corrected chi connectivity index (χ4v) is 4.17. The number of hydrogen-bond acceptors (Lipinski definition) is 3. The Hall–Kier alpha value is -2.69. The summed E-state index contributed by atoms with van der Waals surface area (Å²) in [4.78, 5) is 31.4. The zero-order valence-corrected chi connectivity index (χ0v) is 15.5. The summed E-state index contributed by atoms with van der Waals surface area (Å²) in [6.07, 6.45) is 8.15. The van der Waals surface area contributed by atoms with Crippen LogP contribution in [0.25, 0.3) is 0 Å². The number of hydrogen-bond donors (Lipinski definition) is 1. The summed E-state index contributed by atoms with van der Waals surface area (Å²) in [5.41, 5.74) is 4.42. The molecule has 2 heterocycles. The van der Waals surface area contributed by atoms with Crippen LogP contribution in [-0.4, -0.2) is 34.8 Å². The third-order valence-electron chi connectivity index (χ3n) is 5.72. The van der Waals surface area contributed by atoms with Crippen molar-refractivity contribution in [2.45, 2.75) is 38.6 Å². The molecule has 5 nitrogen and oxygen atoms in total. The Morgan fingerprint density at radius 1 is 1.11 bits per heavy atom. The number of carbonyl (C=O) groups is 2. The van der Waals surface area contributed by atoms with E-state index in [1.165, 1.54) is 11.1 Å². The molecule has 0 bridgehead atoms. The average molecular weight is 363 g/mol. The van der Waals surface area contributed by atoms with Gasteiger partial charge >= 0.3 is 0 Å². The van der Waals surface area contributed by atoms with Crippen LogP contribution in [-0.2, 0) is 24.2 Å². The molecule has 1 aromatic heterocycles. The maximum atomic E-state index is 13.0. The zero-order valence-electron chi connectivity index (χ0n) is 15.5. The molecule has 2 aromatic rings. The first-order chi connectivity index (χ1) is 13.2. The predicted octanol–water partition coefficient (Wildman–Crippen LogP) is 2.74. The number of amides is 2. The summed E-state index contributed by atoms with van der Waals surface area (Å²) in [6, 6.07) is 9.91. The molecule has 1 aliphatic heterocycles. The third kappa shape index (κ3) is 3.87.